The van der Waals surface area contributed by atoms with Crippen molar-refractivity contribution in [3.63, 3.8) is 0 Å². The first-order chi connectivity index (χ1) is 9.78. The van der Waals surface area contributed by atoms with Crippen LogP contribution in [0.25, 0.3) is 10.6 Å². The van der Waals surface area contributed by atoms with E-state index in [1.807, 2.05) is 0 Å². The van der Waals surface area contributed by atoms with Gasteiger partial charge in [0.1, 0.15) is 5.01 Å². The second-order valence-corrected chi connectivity index (χ2v) is 6.15. The van der Waals surface area contributed by atoms with Gasteiger partial charge < -0.3 is 10.2 Å². The van der Waals surface area contributed by atoms with Crippen LogP contribution in [0.1, 0.15) is 24.6 Å². The smallest absolute Gasteiger partial charge is 0.123 e. The number of nitrogens with zero attached hydrogens (tertiary/aromatic N) is 2. The van der Waals surface area contributed by atoms with Gasteiger partial charge in [0.2, 0.25) is 0 Å². The molecule has 0 saturated heterocycles. The summed E-state index contributed by atoms with van der Waals surface area (Å²) in [4.78, 5) is 7.08. The average Bonchev–Trinajstić information content (AvgIpc) is 2.94. The molecule has 106 valence electrons. The highest BCUT2D eigenvalue weighted by Gasteiger charge is 2.15. The van der Waals surface area contributed by atoms with Crippen molar-refractivity contribution in [3.8, 4) is 10.6 Å². The minimum atomic E-state index is 0.862. The second kappa shape index (κ2) is 5.94. The van der Waals surface area contributed by atoms with Gasteiger partial charge in [-0.1, -0.05) is 6.92 Å². The monoisotopic (exact) mass is 287 g/mol. The molecule has 0 saturated carbocycles. The van der Waals surface area contributed by atoms with Crippen molar-refractivity contribution in [3.05, 3.63) is 34.8 Å². The molecule has 0 spiro atoms. The van der Waals surface area contributed by atoms with E-state index >= 15 is 0 Å². The zero-order valence-electron chi connectivity index (χ0n) is 12.1. The van der Waals surface area contributed by atoms with E-state index in [-0.39, 0.29) is 0 Å². The van der Waals surface area contributed by atoms with Crippen molar-refractivity contribution in [1.29, 1.82) is 0 Å². The summed E-state index contributed by atoms with van der Waals surface area (Å²) < 4.78 is 0. The number of hydrogen-bond acceptors (Lipinski definition) is 4. The number of nitrogens with one attached hydrogen (secondary N) is 1. The molecular formula is C16H21N3S. The van der Waals surface area contributed by atoms with Gasteiger partial charge in [-0.25, -0.2) is 4.98 Å². The highest BCUT2D eigenvalue weighted by Crippen LogP contribution is 2.32. The quantitative estimate of drug-likeness (QED) is 0.935. The predicted molar refractivity (Wildman–Crippen MR) is 86.5 cm³/mol. The van der Waals surface area contributed by atoms with E-state index in [0.29, 0.717) is 0 Å². The zero-order valence-corrected chi connectivity index (χ0v) is 13.0. The molecule has 2 aromatic rings. The van der Waals surface area contributed by atoms with Crippen LogP contribution in [0, 0.1) is 0 Å². The molecule has 2 heterocycles. The molecule has 0 aliphatic carbocycles. The van der Waals surface area contributed by atoms with Gasteiger partial charge in [0.15, 0.2) is 0 Å². The summed E-state index contributed by atoms with van der Waals surface area (Å²) in [6.07, 6.45) is 2.43. The fourth-order valence-electron chi connectivity index (χ4n) is 2.69. The summed E-state index contributed by atoms with van der Waals surface area (Å²) in [5, 5.41) is 6.61. The number of anilines is 1. The fraction of sp³-hybridized carbons (Fsp3) is 0.438. The summed E-state index contributed by atoms with van der Waals surface area (Å²) >= 11 is 1.74. The standard InChI is InChI=1S/C16H21N3S/c1-3-17-10-14-11-20-16(18-14)13-6-7-15-12(9-13)5-4-8-19(15)2/h6-7,9,11,17H,3-5,8,10H2,1-2H3. The van der Waals surface area contributed by atoms with Crippen molar-refractivity contribution in [1.82, 2.24) is 10.3 Å². The largest absolute Gasteiger partial charge is 0.374 e. The van der Waals surface area contributed by atoms with Crippen molar-refractivity contribution >= 4 is 17.0 Å². The number of benzene rings is 1. The van der Waals surface area contributed by atoms with E-state index in [2.05, 4.69) is 47.8 Å². The number of thiazole rings is 1. The maximum atomic E-state index is 4.73. The van der Waals surface area contributed by atoms with Crippen LogP contribution in [0.3, 0.4) is 0 Å². The van der Waals surface area contributed by atoms with Gasteiger partial charge in [-0.3, -0.25) is 0 Å². The minimum absolute atomic E-state index is 0.862. The van der Waals surface area contributed by atoms with Crippen LogP contribution in [-0.2, 0) is 13.0 Å². The Balaban J connectivity index is 1.85. The molecule has 20 heavy (non-hydrogen) atoms. The normalized spacial score (nSPS) is 14.4. The molecule has 3 rings (SSSR count). The molecule has 1 aromatic carbocycles. The Hall–Kier alpha value is -1.39. The maximum Gasteiger partial charge on any atom is 0.123 e. The second-order valence-electron chi connectivity index (χ2n) is 5.29. The molecular weight excluding hydrogens is 266 g/mol. The maximum absolute atomic E-state index is 4.73. The van der Waals surface area contributed by atoms with E-state index < -0.39 is 0 Å². The molecule has 4 heteroatoms. The van der Waals surface area contributed by atoms with Crippen molar-refractivity contribution in [2.45, 2.75) is 26.3 Å². The SMILES string of the molecule is CCNCc1csc(-c2ccc3c(c2)CCCN3C)n1. The zero-order chi connectivity index (χ0) is 13.9. The average molecular weight is 287 g/mol. The van der Waals surface area contributed by atoms with Gasteiger partial charge in [0, 0.05) is 36.8 Å². The van der Waals surface area contributed by atoms with E-state index in [4.69, 9.17) is 4.98 Å². The molecule has 0 amide bonds. The van der Waals surface area contributed by atoms with Crippen molar-refractivity contribution in [2.75, 3.05) is 25.0 Å². The van der Waals surface area contributed by atoms with Crippen LogP contribution >= 0.6 is 11.3 Å². The minimum Gasteiger partial charge on any atom is -0.374 e. The van der Waals surface area contributed by atoms with E-state index in [1.165, 1.54) is 29.7 Å². The highest BCUT2D eigenvalue weighted by molar-refractivity contribution is 7.13. The molecule has 1 aliphatic rings. The van der Waals surface area contributed by atoms with Gasteiger partial charge in [0.05, 0.1) is 5.69 Å². The van der Waals surface area contributed by atoms with Crippen LogP contribution in [0.5, 0.6) is 0 Å². The van der Waals surface area contributed by atoms with E-state index in [1.54, 1.807) is 11.3 Å². The van der Waals surface area contributed by atoms with Gasteiger partial charge in [-0.05, 0) is 43.1 Å². The number of fused-ring (bicyclic) bond motifs is 1. The first-order valence-electron chi connectivity index (χ1n) is 7.27. The van der Waals surface area contributed by atoms with Crippen LogP contribution in [-0.4, -0.2) is 25.1 Å². The summed E-state index contributed by atoms with van der Waals surface area (Å²) in [5.41, 5.74) is 5.23. The third kappa shape index (κ3) is 2.72. The molecule has 1 N–H and O–H groups in total. The molecule has 3 nitrogen and oxygen atoms in total. The number of aromatic nitrogens is 1. The predicted octanol–water partition coefficient (Wildman–Crippen LogP) is 3.30. The van der Waals surface area contributed by atoms with Crippen LogP contribution < -0.4 is 10.2 Å². The van der Waals surface area contributed by atoms with Crippen LogP contribution in [0.4, 0.5) is 5.69 Å². The third-order valence-corrected chi connectivity index (χ3v) is 4.73. The van der Waals surface area contributed by atoms with Gasteiger partial charge in [-0.15, -0.1) is 11.3 Å². The summed E-state index contributed by atoms with van der Waals surface area (Å²) in [6.45, 7) is 5.13. The Kier molecular flexibility index (Phi) is 4.03. The molecule has 0 fully saturated rings. The lowest BCUT2D eigenvalue weighted by Crippen LogP contribution is -2.24. The van der Waals surface area contributed by atoms with Crippen LogP contribution in [0.15, 0.2) is 23.6 Å². The van der Waals surface area contributed by atoms with Gasteiger partial charge in [0.25, 0.3) is 0 Å². The third-order valence-electron chi connectivity index (χ3n) is 3.79. The van der Waals surface area contributed by atoms with Gasteiger partial charge in [-0.2, -0.15) is 0 Å². The topological polar surface area (TPSA) is 28.2 Å². The molecule has 0 bridgehead atoms. The number of rotatable bonds is 4. The number of aryl methyl sites for hydroxylation is 1. The Bertz CT molecular complexity index is 591. The Labute approximate surface area is 124 Å². The van der Waals surface area contributed by atoms with Gasteiger partial charge >= 0.3 is 0 Å². The summed E-state index contributed by atoms with van der Waals surface area (Å²) in [5.74, 6) is 0. The molecule has 1 aromatic heterocycles. The first kappa shape index (κ1) is 13.6. The lowest BCUT2D eigenvalue weighted by molar-refractivity contribution is 0.715. The van der Waals surface area contributed by atoms with Crippen molar-refractivity contribution < 1.29 is 0 Å². The van der Waals surface area contributed by atoms with Crippen molar-refractivity contribution in [2.24, 2.45) is 0 Å². The fourth-order valence-corrected chi connectivity index (χ4v) is 3.51. The lowest BCUT2D eigenvalue weighted by Gasteiger charge is -2.27. The molecule has 1 aliphatic heterocycles. The van der Waals surface area contributed by atoms with E-state index in [9.17, 15) is 0 Å². The first-order valence-corrected chi connectivity index (χ1v) is 8.15. The molecule has 0 unspecified atom stereocenters. The Morgan fingerprint density at radius 2 is 2.30 bits per heavy atom. The lowest BCUT2D eigenvalue weighted by atomic mass is 10.00. The number of hydrogen-bond donors (Lipinski definition) is 1. The molecule has 0 radical (unpaired) electrons. The molecule has 0 atom stereocenters. The van der Waals surface area contributed by atoms with Crippen LogP contribution in [0.2, 0.25) is 0 Å². The summed E-state index contributed by atoms with van der Waals surface area (Å²) in [6, 6.07) is 6.77. The van der Waals surface area contributed by atoms with E-state index in [0.717, 1.165) is 30.3 Å². The Morgan fingerprint density at radius 1 is 1.40 bits per heavy atom. The summed E-state index contributed by atoms with van der Waals surface area (Å²) in [7, 11) is 2.18. The highest BCUT2D eigenvalue weighted by atomic mass is 32.1. The Morgan fingerprint density at radius 3 is 3.15 bits per heavy atom.